The van der Waals surface area contributed by atoms with Gasteiger partial charge in [0.2, 0.25) is 5.91 Å². The lowest BCUT2D eigenvalue weighted by atomic mass is 10.0. The van der Waals surface area contributed by atoms with Crippen LogP contribution in [0.4, 0.5) is 10.1 Å². The van der Waals surface area contributed by atoms with E-state index in [0.29, 0.717) is 0 Å². The van der Waals surface area contributed by atoms with Crippen LogP contribution in [0, 0.1) is 11.7 Å². The molecule has 2 N–H and O–H groups in total. The Hall–Kier alpha value is -1.58. The molecule has 0 atom stereocenters. The molecular formula is C13H18FNO2. The van der Waals surface area contributed by atoms with E-state index in [-0.39, 0.29) is 34.7 Å². The minimum absolute atomic E-state index is 0.147. The van der Waals surface area contributed by atoms with Crippen molar-refractivity contribution in [2.75, 3.05) is 5.32 Å². The summed E-state index contributed by atoms with van der Waals surface area (Å²) in [6.45, 7) is 7.07. The maximum atomic E-state index is 13.5. The number of aromatic hydroxyl groups is 1. The van der Waals surface area contributed by atoms with Gasteiger partial charge in [-0.15, -0.1) is 0 Å². The summed E-state index contributed by atoms with van der Waals surface area (Å²) in [5.41, 5.74) is 0.486. The number of amides is 1. The van der Waals surface area contributed by atoms with Crippen LogP contribution in [-0.4, -0.2) is 11.0 Å². The van der Waals surface area contributed by atoms with E-state index in [1.54, 1.807) is 27.7 Å². The van der Waals surface area contributed by atoms with E-state index < -0.39 is 5.82 Å². The first-order valence-electron chi connectivity index (χ1n) is 5.66. The van der Waals surface area contributed by atoms with E-state index in [4.69, 9.17) is 0 Å². The summed E-state index contributed by atoms with van der Waals surface area (Å²) < 4.78 is 13.5. The number of hydrogen-bond acceptors (Lipinski definition) is 2. The van der Waals surface area contributed by atoms with Crippen molar-refractivity contribution in [2.24, 2.45) is 5.92 Å². The van der Waals surface area contributed by atoms with Crippen molar-refractivity contribution < 1.29 is 14.3 Å². The first-order chi connectivity index (χ1) is 7.84. The smallest absolute Gasteiger partial charge is 0.227 e. The largest absolute Gasteiger partial charge is 0.505 e. The van der Waals surface area contributed by atoms with Crippen LogP contribution in [0.5, 0.6) is 5.75 Å². The van der Waals surface area contributed by atoms with E-state index in [2.05, 4.69) is 5.32 Å². The summed E-state index contributed by atoms with van der Waals surface area (Å²) in [4.78, 5) is 11.5. The number of halogens is 1. The minimum atomic E-state index is -0.458. The molecule has 0 spiro atoms. The Balaban J connectivity index is 3.11. The molecule has 1 aromatic rings. The summed E-state index contributed by atoms with van der Waals surface area (Å²) in [5, 5.41) is 12.5. The zero-order valence-electron chi connectivity index (χ0n) is 10.5. The molecule has 0 radical (unpaired) electrons. The fourth-order valence-electron chi connectivity index (χ4n) is 1.51. The highest BCUT2D eigenvalue weighted by Gasteiger charge is 2.17. The second kappa shape index (κ2) is 5.17. The molecule has 0 aliphatic carbocycles. The number of carbonyl (C=O) groups excluding carboxylic acids is 1. The van der Waals surface area contributed by atoms with Gasteiger partial charge in [0.05, 0.1) is 5.69 Å². The molecule has 0 aromatic heterocycles. The van der Waals surface area contributed by atoms with Crippen molar-refractivity contribution in [1.29, 1.82) is 0 Å². The highest BCUT2D eigenvalue weighted by atomic mass is 19.1. The lowest BCUT2D eigenvalue weighted by Crippen LogP contribution is -2.18. The molecule has 0 saturated carbocycles. The first kappa shape index (κ1) is 13.5. The molecule has 0 heterocycles. The Bertz CT molecular complexity index is 428. The molecule has 0 aliphatic rings. The molecular weight excluding hydrogens is 221 g/mol. The highest BCUT2D eigenvalue weighted by molar-refractivity contribution is 5.93. The Labute approximate surface area is 101 Å². The van der Waals surface area contributed by atoms with Crippen LogP contribution in [0.3, 0.4) is 0 Å². The Morgan fingerprint density at radius 1 is 1.29 bits per heavy atom. The number of rotatable bonds is 3. The van der Waals surface area contributed by atoms with Crippen LogP contribution >= 0.6 is 0 Å². The molecule has 1 rings (SSSR count). The van der Waals surface area contributed by atoms with E-state index in [0.717, 1.165) is 0 Å². The average Bonchev–Trinajstić information content (AvgIpc) is 2.21. The first-order valence-corrected chi connectivity index (χ1v) is 5.66. The van der Waals surface area contributed by atoms with Crippen molar-refractivity contribution >= 4 is 11.6 Å². The molecule has 1 aromatic carbocycles. The van der Waals surface area contributed by atoms with E-state index in [1.165, 1.54) is 12.1 Å². The second-order valence-corrected chi connectivity index (χ2v) is 4.66. The molecule has 0 fully saturated rings. The van der Waals surface area contributed by atoms with Gasteiger partial charge in [-0.3, -0.25) is 4.79 Å². The summed E-state index contributed by atoms with van der Waals surface area (Å²) in [7, 11) is 0. The standard InChI is InChI=1S/C13H18FNO2/c1-7(2)11-9(14)5-6-10(12(11)16)15-13(17)8(3)4/h5-8,16H,1-4H3,(H,15,17). The number of nitrogens with one attached hydrogen (secondary N) is 1. The Morgan fingerprint density at radius 3 is 2.35 bits per heavy atom. The lowest BCUT2D eigenvalue weighted by molar-refractivity contribution is -0.118. The fourth-order valence-corrected chi connectivity index (χ4v) is 1.51. The zero-order valence-corrected chi connectivity index (χ0v) is 10.5. The average molecular weight is 239 g/mol. The minimum Gasteiger partial charge on any atom is -0.505 e. The van der Waals surface area contributed by atoms with Gasteiger partial charge in [0.15, 0.2) is 0 Å². The van der Waals surface area contributed by atoms with Gasteiger partial charge in [-0.25, -0.2) is 4.39 Å². The van der Waals surface area contributed by atoms with Gasteiger partial charge in [-0.1, -0.05) is 27.7 Å². The maximum Gasteiger partial charge on any atom is 0.227 e. The van der Waals surface area contributed by atoms with E-state index >= 15 is 0 Å². The number of phenolic OH excluding ortho intramolecular Hbond substituents is 1. The fraction of sp³-hybridized carbons (Fsp3) is 0.462. The number of carbonyl (C=O) groups is 1. The summed E-state index contributed by atoms with van der Waals surface area (Å²) in [6.07, 6.45) is 0. The maximum absolute atomic E-state index is 13.5. The molecule has 17 heavy (non-hydrogen) atoms. The zero-order chi connectivity index (χ0) is 13.2. The second-order valence-electron chi connectivity index (χ2n) is 4.66. The lowest BCUT2D eigenvalue weighted by Gasteiger charge is -2.15. The van der Waals surface area contributed by atoms with Crippen LogP contribution in [0.15, 0.2) is 12.1 Å². The Kier molecular flexibility index (Phi) is 4.10. The van der Waals surface area contributed by atoms with Crippen molar-refractivity contribution in [1.82, 2.24) is 0 Å². The van der Waals surface area contributed by atoms with Crippen LogP contribution in [-0.2, 0) is 4.79 Å². The van der Waals surface area contributed by atoms with Crippen molar-refractivity contribution in [3.8, 4) is 5.75 Å². The molecule has 0 aliphatic heterocycles. The quantitative estimate of drug-likeness (QED) is 0.795. The van der Waals surface area contributed by atoms with Gasteiger partial charge in [-0.2, -0.15) is 0 Å². The number of anilines is 1. The molecule has 0 saturated heterocycles. The molecule has 0 unspecified atom stereocenters. The third-order valence-electron chi connectivity index (χ3n) is 2.52. The van der Waals surface area contributed by atoms with Crippen molar-refractivity contribution in [3.05, 3.63) is 23.5 Å². The van der Waals surface area contributed by atoms with Crippen LogP contribution in [0.1, 0.15) is 39.2 Å². The van der Waals surface area contributed by atoms with Crippen molar-refractivity contribution in [3.63, 3.8) is 0 Å². The van der Waals surface area contributed by atoms with Gasteiger partial charge in [-0.05, 0) is 18.1 Å². The van der Waals surface area contributed by atoms with Crippen LogP contribution in [0.25, 0.3) is 0 Å². The molecule has 3 nitrogen and oxygen atoms in total. The van der Waals surface area contributed by atoms with Crippen LogP contribution < -0.4 is 5.32 Å². The molecule has 4 heteroatoms. The highest BCUT2D eigenvalue weighted by Crippen LogP contribution is 2.34. The summed E-state index contributed by atoms with van der Waals surface area (Å²) >= 11 is 0. The number of phenols is 1. The number of benzene rings is 1. The number of hydrogen-bond donors (Lipinski definition) is 2. The summed E-state index contributed by atoms with van der Waals surface area (Å²) in [6, 6.07) is 2.63. The SMILES string of the molecule is CC(C)C(=O)Nc1ccc(F)c(C(C)C)c1O. The normalized spacial score (nSPS) is 11.0. The van der Waals surface area contributed by atoms with Gasteiger partial charge < -0.3 is 10.4 Å². The predicted molar refractivity (Wildman–Crippen MR) is 65.6 cm³/mol. The third kappa shape index (κ3) is 2.96. The third-order valence-corrected chi connectivity index (χ3v) is 2.52. The van der Waals surface area contributed by atoms with E-state index in [1.807, 2.05) is 0 Å². The monoisotopic (exact) mass is 239 g/mol. The van der Waals surface area contributed by atoms with Gasteiger partial charge in [0, 0.05) is 11.5 Å². The predicted octanol–water partition coefficient (Wildman–Crippen LogP) is 3.25. The Morgan fingerprint density at radius 2 is 1.88 bits per heavy atom. The van der Waals surface area contributed by atoms with Gasteiger partial charge >= 0.3 is 0 Å². The van der Waals surface area contributed by atoms with E-state index in [9.17, 15) is 14.3 Å². The molecule has 1 amide bonds. The molecule has 94 valence electrons. The van der Waals surface area contributed by atoms with Crippen molar-refractivity contribution in [2.45, 2.75) is 33.6 Å². The topological polar surface area (TPSA) is 49.3 Å². The van der Waals surface area contributed by atoms with Gasteiger partial charge in [0.1, 0.15) is 11.6 Å². The van der Waals surface area contributed by atoms with Gasteiger partial charge in [0.25, 0.3) is 0 Å². The van der Waals surface area contributed by atoms with Crippen LogP contribution in [0.2, 0.25) is 0 Å². The molecule has 0 bridgehead atoms. The summed E-state index contributed by atoms with van der Waals surface area (Å²) in [5.74, 6) is -1.19.